The van der Waals surface area contributed by atoms with Gasteiger partial charge in [-0.05, 0) is 68.0 Å². The van der Waals surface area contributed by atoms with Crippen molar-refractivity contribution in [3.63, 3.8) is 0 Å². The second-order valence-corrected chi connectivity index (χ2v) is 8.36. The van der Waals surface area contributed by atoms with Gasteiger partial charge in [0.15, 0.2) is 5.82 Å². The molecule has 1 N–H and O–H groups in total. The number of amides is 1. The number of carbonyl (C=O) groups is 1. The highest BCUT2D eigenvalue weighted by Crippen LogP contribution is 2.40. The largest absolute Gasteiger partial charge is 0.441 e. The molecule has 180 valence electrons. The molecule has 1 saturated heterocycles. The minimum absolute atomic E-state index is 0. The number of aromatic nitrogens is 4. The average Bonchev–Trinajstić information content (AvgIpc) is 3.15. The van der Waals surface area contributed by atoms with Gasteiger partial charge >= 0.3 is 6.09 Å². The monoisotopic (exact) mass is 506 g/mol. The number of anilines is 2. The molecule has 2 aliphatic rings. The topological polar surface area (TPSA) is 93.1 Å². The van der Waals surface area contributed by atoms with Crippen molar-refractivity contribution in [2.75, 3.05) is 23.3 Å². The summed E-state index contributed by atoms with van der Waals surface area (Å²) in [5.41, 5.74) is 0.881. The lowest BCUT2D eigenvalue weighted by Gasteiger charge is -2.35. The first-order valence-corrected chi connectivity index (χ1v) is 10.7. The third kappa shape index (κ3) is 5.53. The molecule has 2 aromatic heterocycles. The smallest absolute Gasteiger partial charge is 0.416 e. The molecule has 3 heterocycles. The van der Waals surface area contributed by atoms with Gasteiger partial charge in [-0.1, -0.05) is 12.1 Å². The number of nitrogens with one attached hydrogen (secondary N) is 1. The molecule has 1 spiro atoms. The Morgan fingerprint density at radius 2 is 1.88 bits per heavy atom. The predicted octanol–water partition coefficient (Wildman–Crippen LogP) is 4.91. The molecule has 1 saturated carbocycles. The van der Waals surface area contributed by atoms with E-state index in [0.717, 1.165) is 32.2 Å². The maximum absolute atomic E-state index is 13.4. The lowest BCUT2D eigenvalue weighted by atomic mass is 9.78. The number of hydrogen-bond donors (Lipinski definition) is 1. The second kappa shape index (κ2) is 10.9. The van der Waals surface area contributed by atoms with E-state index in [4.69, 9.17) is 4.74 Å². The average molecular weight is 507 g/mol. The first-order valence-electron chi connectivity index (χ1n) is 10.7. The zero-order valence-corrected chi connectivity index (χ0v) is 19.9. The van der Waals surface area contributed by atoms with Crippen LogP contribution in [0.5, 0.6) is 0 Å². The standard InChI is InChI=1S/C23H23FN6O2.2ClH/c24-18-4-1-3-17(13-18)19-6-7-20(28-27-19)25-14-16-8-10-23(11-9-16)15-30(22(31)32-23)21-5-2-12-26-29-21;;/h1-7,12-13,16H,8-11,14-15H2,(H,25,28);2*1H/t16-,23-;;. The molecule has 34 heavy (non-hydrogen) atoms. The summed E-state index contributed by atoms with van der Waals surface area (Å²) in [5.74, 6) is 1.37. The van der Waals surface area contributed by atoms with Gasteiger partial charge in [0.1, 0.15) is 17.2 Å². The highest BCUT2D eigenvalue weighted by Gasteiger charge is 2.48. The predicted molar refractivity (Wildman–Crippen MR) is 131 cm³/mol. The summed E-state index contributed by atoms with van der Waals surface area (Å²) in [5, 5.41) is 19.7. The maximum Gasteiger partial charge on any atom is 0.416 e. The zero-order chi connectivity index (χ0) is 22.0. The van der Waals surface area contributed by atoms with Gasteiger partial charge in [0.2, 0.25) is 0 Å². The third-order valence-corrected chi connectivity index (χ3v) is 6.18. The molecular formula is C23H25Cl2FN6O2. The fourth-order valence-electron chi connectivity index (χ4n) is 4.38. The van der Waals surface area contributed by atoms with Crippen LogP contribution in [0.3, 0.4) is 0 Å². The van der Waals surface area contributed by atoms with Crippen LogP contribution in [-0.4, -0.2) is 45.2 Å². The van der Waals surface area contributed by atoms with E-state index >= 15 is 0 Å². The van der Waals surface area contributed by atoms with Crippen molar-refractivity contribution in [2.45, 2.75) is 31.3 Å². The van der Waals surface area contributed by atoms with E-state index in [1.165, 1.54) is 12.1 Å². The summed E-state index contributed by atoms with van der Waals surface area (Å²) < 4.78 is 19.2. The van der Waals surface area contributed by atoms with Crippen LogP contribution >= 0.6 is 24.8 Å². The first kappa shape index (κ1) is 25.6. The molecule has 0 atom stereocenters. The Kier molecular flexibility index (Phi) is 8.22. The van der Waals surface area contributed by atoms with Crippen molar-refractivity contribution in [1.82, 2.24) is 20.4 Å². The lowest BCUT2D eigenvalue weighted by molar-refractivity contribution is 0.0148. The molecule has 1 aliphatic carbocycles. The van der Waals surface area contributed by atoms with Crippen molar-refractivity contribution in [2.24, 2.45) is 5.92 Å². The Balaban J connectivity index is 0.00000162. The normalized spacial score (nSPS) is 21.4. The molecule has 1 aliphatic heterocycles. The fraction of sp³-hybridized carbons (Fsp3) is 0.348. The SMILES string of the molecule is Cl.Cl.O=C1O[C@]2(CC[C@H](CNc3ccc(-c4cccc(F)c4)nn3)CC2)CN1c1cccnn1. The van der Waals surface area contributed by atoms with Gasteiger partial charge in [-0.25, -0.2) is 9.18 Å². The fourth-order valence-corrected chi connectivity index (χ4v) is 4.38. The van der Waals surface area contributed by atoms with Gasteiger partial charge in [-0.15, -0.1) is 40.1 Å². The number of rotatable bonds is 5. The Morgan fingerprint density at radius 1 is 1.06 bits per heavy atom. The number of halogens is 3. The summed E-state index contributed by atoms with van der Waals surface area (Å²) in [6, 6.07) is 13.5. The first-order chi connectivity index (χ1) is 15.6. The van der Waals surface area contributed by atoms with Crippen molar-refractivity contribution in [3.8, 4) is 11.3 Å². The molecule has 0 unspecified atom stereocenters. The van der Waals surface area contributed by atoms with Crippen molar-refractivity contribution in [1.29, 1.82) is 0 Å². The molecule has 0 radical (unpaired) electrons. The van der Waals surface area contributed by atoms with Gasteiger partial charge in [0.05, 0.1) is 12.2 Å². The van der Waals surface area contributed by atoms with Crippen LogP contribution in [0.15, 0.2) is 54.7 Å². The van der Waals surface area contributed by atoms with Crippen LogP contribution in [0.2, 0.25) is 0 Å². The van der Waals surface area contributed by atoms with Crippen molar-refractivity contribution in [3.05, 3.63) is 60.5 Å². The van der Waals surface area contributed by atoms with Gasteiger partial charge in [0, 0.05) is 18.3 Å². The molecular weight excluding hydrogens is 482 g/mol. The molecule has 1 aromatic carbocycles. The maximum atomic E-state index is 13.4. The number of ether oxygens (including phenoxy) is 1. The van der Waals surface area contributed by atoms with E-state index in [1.807, 2.05) is 12.1 Å². The zero-order valence-electron chi connectivity index (χ0n) is 18.3. The van der Waals surface area contributed by atoms with Crippen LogP contribution in [0, 0.1) is 11.7 Å². The molecule has 3 aromatic rings. The van der Waals surface area contributed by atoms with Crippen LogP contribution in [0.25, 0.3) is 11.3 Å². The molecule has 11 heteroatoms. The third-order valence-electron chi connectivity index (χ3n) is 6.18. The molecule has 5 rings (SSSR count). The van der Waals surface area contributed by atoms with Gasteiger partial charge in [-0.2, -0.15) is 5.10 Å². The van der Waals surface area contributed by atoms with Crippen LogP contribution in [0.1, 0.15) is 25.7 Å². The van der Waals surface area contributed by atoms with E-state index < -0.39 is 5.60 Å². The molecule has 8 nitrogen and oxygen atoms in total. The number of carbonyl (C=O) groups excluding carboxylic acids is 1. The summed E-state index contributed by atoms with van der Waals surface area (Å²) in [4.78, 5) is 13.9. The molecule has 1 amide bonds. The molecule has 0 bridgehead atoms. The minimum atomic E-state index is -0.447. The van der Waals surface area contributed by atoms with E-state index in [-0.39, 0.29) is 36.7 Å². The number of benzene rings is 1. The van der Waals surface area contributed by atoms with E-state index in [0.29, 0.717) is 35.4 Å². The highest BCUT2D eigenvalue weighted by molar-refractivity contribution is 5.89. The summed E-state index contributed by atoms with van der Waals surface area (Å²) >= 11 is 0. The summed E-state index contributed by atoms with van der Waals surface area (Å²) in [6.45, 7) is 1.28. The molecule has 2 fully saturated rings. The van der Waals surface area contributed by atoms with Gasteiger partial charge < -0.3 is 10.1 Å². The van der Waals surface area contributed by atoms with Gasteiger partial charge in [0.25, 0.3) is 0 Å². The second-order valence-electron chi connectivity index (χ2n) is 8.36. The Labute approximate surface area is 209 Å². The van der Waals surface area contributed by atoms with Crippen molar-refractivity contribution >= 4 is 42.5 Å². The highest BCUT2D eigenvalue weighted by atomic mass is 35.5. The number of hydrogen-bond acceptors (Lipinski definition) is 7. The van der Waals surface area contributed by atoms with Crippen LogP contribution < -0.4 is 10.2 Å². The van der Waals surface area contributed by atoms with Crippen molar-refractivity contribution < 1.29 is 13.9 Å². The summed E-state index contributed by atoms with van der Waals surface area (Å²) in [6.07, 6.45) is 4.75. The minimum Gasteiger partial charge on any atom is -0.441 e. The van der Waals surface area contributed by atoms with E-state index in [9.17, 15) is 9.18 Å². The van der Waals surface area contributed by atoms with Crippen LogP contribution in [-0.2, 0) is 4.74 Å². The van der Waals surface area contributed by atoms with Gasteiger partial charge in [-0.3, -0.25) is 4.90 Å². The van der Waals surface area contributed by atoms with E-state index in [2.05, 4.69) is 25.7 Å². The lowest BCUT2D eigenvalue weighted by Crippen LogP contribution is -2.39. The Bertz CT molecular complexity index is 1100. The number of nitrogens with zero attached hydrogens (tertiary/aromatic N) is 5. The summed E-state index contributed by atoms with van der Waals surface area (Å²) in [7, 11) is 0. The van der Waals surface area contributed by atoms with Crippen LogP contribution in [0.4, 0.5) is 20.8 Å². The Hall–Kier alpha value is -3.04. The van der Waals surface area contributed by atoms with E-state index in [1.54, 1.807) is 35.4 Å². The Morgan fingerprint density at radius 3 is 2.56 bits per heavy atom. The quantitative estimate of drug-likeness (QED) is 0.524.